The van der Waals surface area contributed by atoms with Crippen LogP contribution in [0.4, 0.5) is 9.59 Å². The minimum Gasteiger partial charge on any atom is -0.477 e. The third-order valence-electron chi connectivity index (χ3n) is 8.16. The molecular weight excluding hydrogens is 534 g/mol. The summed E-state index contributed by atoms with van der Waals surface area (Å²) >= 11 is 0. The van der Waals surface area contributed by atoms with Gasteiger partial charge >= 0.3 is 18.2 Å². The van der Waals surface area contributed by atoms with Gasteiger partial charge in [-0.3, -0.25) is 4.90 Å². The van der Waals surface area contributed by atoms with E-state index in [9.17, 15) is 19.5 Å². The van der Waals surface area contributed by atoms with E-state index in [0.29, 0.717) is 12.1 Å². The number of alkyl carbamates (subject to hydrolysis) is 1. The lowest BCUT2D eigenvalue weighted by atomic mass is 9.90. The Morgan fingerprint density at radius 3 is 2.21 bits per heavy atom. The summed E-state index contributed by atoms with van der Waals surface area (Å²) in [7, 11) is 1.68. The zero-order chi connectivity index (χ0) is 30.0. The Labute approximate surface area is 246 Å². The highest BCUT2D eigenvalue weighted by molar-refractivity contribution is 5.86. The Bertz CT molecular complexity index is 1430. The smallest absolute Gasteiger partial charge is 0.410 e. The van der Waals surface area contributed by atoms with Crippen molar-refractivity contribution >= 4 is 18.2 Å². The van der Waals surface area contributed by atoms with Crippen LogP contribution in [-0.2, 0) is 23.1 Å². The van der Waals surface area contributed by atoms with Crippen molar-refractivity contribution in [2.24, 2.45) is 7.05 Å². The number of ether oxygens (including phenoxy) is 2. The molecule has 0 bridgehead atoms. The third kappa shape index (κ3) is 6.30. The second-order valence-electron chi connectivity index (χ2n) is 12.2. The second-order valence-corrected chi connectivity index (χ2v) is 12.2. The maximum absolute atomic E-state index is 13.9. The molecule has 2 aliphatic rings. The number of carboxylic acids is 1. The van der Waals surface area contributed by atoms with Gasteiger partial charge in [0.05, 0.1) is 6.54 Å². The molecule has 1 aromatic heterocycles. The molecule has 0 unspecified atom stereocenters. The molecule has 9 nitrogen and oxygen atoms in total. The summed E-state index contributed by atoms with van der Waals surface area (Å²) in [6.07, 6.45) is 1.94. The van der Waals surface area contributed by atoms with Gasteiger partial charge in [-0.25, -0.2) is 14.4 Å². The Kier molecular flexibility index (Phi) is 8.29. The fourth-order valence-corrected chi connectivity index (χ4v) is 6.17. The Hall–Kier alpha value is -4.27. The number of nitrogens with one attached hydrogen (secondary N) is 1. The fourth-order valence-electron chi connectivity index (χ4n) is 6.17. The number of rotatable bonds is 7. The van der Waals surface area contributed by atoms with Crippen LogP contribution in [0.2, 0.25) is 0 Å². The minimum atomic E-state index is -1.03. The molecule has 2 amide bonds. The number of aromatic carboxylic acids is 1. The molecule has 0 saturated heterocycles. The first-order valence-electron chi connectivity index (χ1n) is 14.5. The average Bonchev–Trinajstić information content (AvgIpc) is 3.46. The van der Waals surface area contributed by atoms with Gasteiger partial charge in [0.25, 0.3) is 0 Å². The molecule has 9 heteroatoms. The lowest BCUT2D eigenvalue weighted by Gasteiger charge is -2.37. The van der Waals surface area contributed by atoms with Crippen LogP contribution in [-0.4, -0.2) is 57.0 Å². The first kappa shape index (κ1) is 29.2. The zero-order valence-corrected chi connectivity index (χ0v) is 24.6. The maximum Gasteiger partial charge on any atom is 0.410 e. The molecule has 2 N–H and O–H groups in total. The molecule has 2 aliphatic carbocycles. The van der Waals surface area contributed by atoms with E-state index < -0.39 is 23.8 Å². The second kappa shape index (κ2) is 11.9. The van der Waals surface area contributed by atoms with Crippen LogP contribution in [0.25, 0.3) is 11.1 Å². The van der Waals surface area contributed by atoms with Crippen molar-refractivity contribution in [3.63, 3.8) is 0 Å². The van der Waals surface area contributed by atoms with Gasteiger partial charge in [-0.05, 0) is 80.8 Å². The molecule has 0 spiro atoms. The van der Waals surface area contributed by atoms with E-state index in [-0.39, 0.29) is 36.8 Å². The number of amides is 2. The van der Waals surface area contributed by atoms with Crippen molar-refractivity contribution in [2.45, 2.75) is 76.6 Å². The number of hydrogen-bond acceptors (Lipinski definition) is 5. The van der Waals surface area contributed by atoms with Crippen LogP contribution in [0.15, 0.2) is 60.7 Å². The van der Waals surface area contributed by atoms with E-state index in [1.165, 1.54) is 0 Å². The number of fused-ring (bicyclic) bond motifs is 3. The Morgan fingerprint density at radius 2 is 1.62 bits per heavy atom. The van der Waals surface area contributed by atoms with E-state index in [1.807, 2.05) is 45.0 Å². The number of aromatic nitrogens is 1. The average molecular weight is 574 g/mol. The number of hydrogen-bond donors (Lipinski definition) is 2. The van der Waals surface area contributed by atoms with E-state index in [0.717, 1.165) is 41.5 Å². The number of carboxylic acid groups (broad SMARTS) is 1. The Balaban J connectivity index is 1.35. The highest BCUT2D eigenvalue weighted by atomic mass is 16.6. The normalized spacial score (nSPS) is 18.1. The standard InChI is InChI=1S/C33H39N3O6/c1-33(2,3)42-31(39)34-21-10-9-11-22(18-21)36(19-23-16-17-29(30(37)38)35(23)4)32(40)41-20-28-26-14-7-5-12-24(26)25-13-6-8-15-27(25)28/h5-8,12-17,21-22,28H,9-11,18-20H2,1-4H3,(H,34,39)(H,37,38)/t21-,22-/m1/s1. The molecule has 0 radical (unpaired) electrons. The molecule has 1 saturated carbocycles. The molecule has 0 aliphatic heterocycles. The molecule has 1 fully saturated rings. The molecule has 3 aromatic rings. The summed E-state index contributed by atoms with van der Waals surface area (Å²) in [5, 5.41) is 12.5. The Morgan fingerprint density at radius 1 is 0.976 bits per heavy atom. The van der Waals surface area contributed by atoms with E-state index in [1.54, 1.807) is 28.6 Å². The zero-order valence-electron chi connectivity index (χ0n) is 24.6. The fraction of sp³-hybridized carbons (Fsp3) is 0.424. The third-order valence-corrected chi connectivity index (χ3v) is 8.16. The topological polar surface area (TPSA) is 110 Å². The predicted molar refractivity (Wildman–Crippen MR) is 158 cm³/mol. The quantitative estimate of drug-likeness (QED) is 0.343. The van der Waals surface area contributed by atoms with Gasteiger partial charge in [-0.2, -0.15) is 0 Å². The highest BCUT2D eigenvalue weighted by Gasteiger charge is 2.35. The van der Waals surface area contributed by atoms with Gasteiger partial charge in [0.15, 0.2) is 0 Å². The summed E-state index contributed by atoms with van der Waals surface area (Å²) < 4.78 is 13.1. The molecule has 5 rings (SSSR count). The van der Waals surface area contributed by atoms with E-state index in [2.05, 4.69) is 29.6 Å². The summed E-state index contributed by atoms with van der Waals surface area (Å²) in [6.45, 7) is 5.83. The van der Waals surface area contributed by atoms with Crippen molar-refractivity contribution < 1.29 is 29.0 Å². The van der Waals surface area contributed by atoms with Crippen LogP contribution in [0.1, 0.15) is 79.7 Å². The number of carbonyl (C=O) groups excluding carboxylic acids is 2. The van der Waals surface area contributed by atoms with Crippen molar-refractivity contribution in [1.29, 1.82) is 0 Å². The first-order chi connectivity index (χ1) is 20.0. The van der Waals surface area contributed by atoms with Crippen molar-refractivity contribution in [2.75, 3.05) is 6.61 Å². The van der Waals surface area contributed by atoms with E-state index >= 15 is 0 Å². The van der Waals surface area contributed by atoms with E-state index in [4.69, 9.17) is 9.47 Å². The summed E-state index contributed by atoms with van der Waals surface area (Å²) in [5.41, 5.74) is 4.78. The molecular formula is C33H39N3O6. The van der Waals surface area contributed by atoms with Crippen molar-refractivity contribution in [1.82, 2.24) is 14.8 Å². The van der Waals surface area contributed by atoms with Crippen LogP contribution < -0.4 is 5.32 Å². The molecule has 222 valence electrons. The predicted octanol–water partition coefficient (Wildman–Crippen LogP) is 6.31. The molecule has 2 atom stereocenters. The molecule has 1 heterocycles. The van der Waals surface area contributed by atoms with Gasteiger partial charge in [0.2, 0.25) is 0 Å². The SMILES string of the molecule is Cn1c(CN(C(=O)OCC2c3ccccc3-c3ccccc32)[C@@H]2CCC[C@@H](NC(=O)OC(C)(C)C)C2)ccc1C(=O)O. The molecule has 2 aromatic carbocycles. The number of carbonyl (C=O) groups is 3. The minimum absolute atomic E-state index is 0.0789. The van der Waals surface area contributed by atoms with Crippen molar-refractivity contribution in [3.05, 3.63) is 83.2 Å². The highest BCUT2D eigenvalue weighted by Crippen LogP contribution is 2.44. The number of nitrogens with zero attached hydrogens (tertiary/aromatic N) is 2. The van der Waals surface area contributed by atoms with Gasteiger partial charge in [-0.15, -0.1) is 0 Å². The summed E-state index contributed by atoms with van der Waals surface area (Å²) in [4.78, 5) is 39.7. The van der Waals surface area contributed by atoms with Gasteiger partial charge in [-0.1, -0.05) is 48.5 Å². The number of benzene rings is 2. The summed E-state index contributed by atoms with van der Waals surface area (Å²) in [6, 6.07) is 19.3. The van der Waals surface area contributed by atoms with Crippen LogP contribution >= 0.6 is 0 Å². The monoisotopic (exact) mass is 573 g/mol. The van der Waals surface area contributed by atoms with Crippen molar-refractivity contribution in [3.8, 4) is 11.1 Å². The van der Waals surface area contributed by atoms with Gasteiger partial charge in [0, 0.05) is 30.7 Å². The van der Waals surface area contributed by atoms with Gasteiger partial charge in [0.1, 0.15) is 17.9 Å². The first-order valence-corrected chi connectivity index (χ1v) is 14.5. The van der Waals surface area contributed by atoms with Gasteiger partial charge < -0.3 is 24.5 Å². The lowest BCUT2D eigenvalue weighted by molar-refractivity contribution is 0.0448. The lowest BCUT2D eigenvalue weighted by Crippen LogP contribution is -2.49. The maximum atomic E-state index is 13.9. The molecule has 42 heavy (non-hydrogen) atoms. The van der Waals surface area contributed by atoms with Crippen LogP contribution in [0, 0.1) is 0 Å². The van der Waals surface area contributed by atoms with Crippen LogP contribution in [0.3, 0.4) is 0 Å². The van der Waals surface area contributed by atoms with Crippen LogP contribution in [0.5, 0.6) is 0 Å². The summed E-state index contributed by atoms with van der Waals surface area (Å²) in [5.74, 6) is -1.11. The largest absolute Gasteiger partial charge is 0.477 e.